The highest BCUT2D eigenvalue weighted by Gasteiger charge is 2.02. The summed E-state index contributed by atoms with van der Waals surface area (Å²) in [5.74, 6) is 0. The maximum absolute atomic E-state index is 8.75. The third-order valence-corrected chi connectivity index (χ3v) is 3.93. The topological polar surface area (TPSA) is 23.8 Å². The number of hydrogen-bond donors (Lipinski definition) is 0. The zero-order valence-electron chi connectivity index (χ0n) is 9.94. The molecule has 2 rings (SSSR count). The number of aryl methyl sites for hydroxylation is 1. The first-order chi connectivity index (χ1) is 8.33. The van der Waals surface area contributed by atoms with Crippen LogP contribution in [0.3, 0.4) is 0 Å². The van der Waals surface area contributed by atoms with Crippen LogP contribution in [-0.4, -0.2) is 0 Å². The van der Waals surface area contributed by atoms with Gasteiger partial charge in [0.15, 0.2) is 0 Å². The van der Waals surface area contributed by atoms with Crippen molar-refractivity contribution in [3.05, 3.63) is 46.8 Å². The highest BCUT2D eigenvalue weighted by atomic mass is 32.1. The molecule has 0 aliphatic carbocycles. The van der Waals surface area contributed by atoms with E-state index < -0.39 is 0 Å². The van der Waals surface area contributed by atoms with Gasteiger partial charge in [-0.05, 0) is 42.7 Å². The quantitative estimate of drug-likeness (QED) is 0.765. The minimum Gasteiger partial charge on any atom is -0.192 e. The number of hydrogen-bond acceptors (Lipinski definition) is 2. The summed E-state index contributed by atoms with van der Waals surface area (Å²) in [5, 5.41) is 8.75. The van der Waals surface area contributed by atoms with Gasteiger partial charge in [-0.25, -0.2) is 0 Å². The van der Waals surface area contributed by atoms with Gasteiger partial charge in [0.25, 0.3) is 0 Å². The molecular weight excluding hydrogens is 226 g/mol. The molecule has 2 aromatic rings. The molecule has 0 spiro atoms. The summed E-state index contributed by atoms with van der Waals surface area (Å²) in [7, 11) is 0. The fourth-order valence-corrected chi connectivity index (χ4v) is 2.78. The lowest BCUT2D eigenvalue weighted by molar-refractivity contribution is 0.804. The minimum atomic E-state index is 0.719. The van der Waals surface area contributed by atoms with Crippen molar-refractivity contribution in [3.63, 3.8) is 0 Å². The van der Waals surface area contributed by atoms with Gasteiger partial charge in [-0.15, -0.1) is 11.3 Å². The molecule has 2 heteroatoms. The lowest BCUT2D eigenvalue weighted by Crippen LogP contribution is -1.76. The molecule has 17 heavy (non-hydrogen) atoms. The molecule has 1 aromatic heterocycles. The second kappa shape index (κ2) is 5.65. The summed E-state index contributed by atoms with van der Waals surface area (Å²) in [6.45, 7) is 2.22. The molecule has 0 aliphatic rings. The predicted molar refractivity (Wildman–Crippen MR) is 73.1 cm³/mol. The zero-order chi connectivity index (χ0) is 12.1. The second-order valence-electron chi connectivity index (χ2n) is 4.06. The van der Waals surface area contributed by atoms with Gasteiger partial charge in [-0.3, -0.25) is 0 Å². The molecule has 0 fully saturated rings. The number of rotatable bonds is 4. The lowest BCUT2D eigenvalue weighted by atomic mass is 10.1. The molecule has 0 aliphatic heterocycles. The van der Waals surface area contributed by atoms with E-state index in [0.717, 1.165) is 5.56 Å². The molecule has 1 heterocycles. The average Bonchev–Trinajstić information content (AvgIpc) is 2.85. The fourth-order valence-electron chi connectivity index (χ4n) is 1.73. The lowest BCUT2D eigenvalue weighted by Gasteiger charge is -1.97. The van der Waals surface area contributed by atoms with Crippen LogP contribution in [0.2, 0.25) is 0 Å². The number of thiophene rings is 1. The molecule has 0 bridgehead atoms. The molecule has 0 N–H and O–H groups in total. The highest BCUT2D eigenvalue weighted by molar-refractivity contribution is 7.15. The van der Waals surface area contributed by atoms with E-state index in [-0.39, 0.29) is 0 Å². The first-order valence-corrected chi connectivity index (χ1v) is 6.74. The molecule has 0 saturated carbocycles. The standard InChI is InChI=1S/C15H15NS/c1-2-3-4-14-9-10-15(17-14)13-7-5-12(11-16)6-8-13/h5-10H,2-4H2,1H3. The minimum absolute atomic E-state index is 0.719. The van der Waals surface area contributed by atoms with Crippen molar-refractivity contribution in [2.45, 2.75) is 26.2 Å². The van der Waals surface area contributed by atoms with Crippen LogP contribution in [0.25, 0.3) is 10.4 Å². The molecule has 0 amide bonds. The molecule has 0 unspecified atom stereocenters. The normalized spacial score (nSPS) is 10.1. The Kier molecular flexibility index (Phi) is 3.95. The van der Waals surface area contributed by atoms with Crippen LogP contribution in [0.4, 0.5) is 0 Å². The van der Waals surface area contributed by atoms with Gasteiger partial charge in [-0.2, -0.15) is 5.26 Å². The van der Waals surface area contributed by atoms with E-state index in [1.807, 2.05) is 35.6 Å². The van der Waals surface area contributed by atoms with Gasteiger partial charge in [0.1, 0.15) is 0 Å². The Labute approximate surface area is 106 Å². The van der Waals surface area contributed by atoms with Gasteiger partial charge in [-0.1, -0.05) is 25.5 Å². The van der Waals surface area contributed by atoms with Crippen molar-refractivity contribution >= 4 is 11.3 Å². The predicted octanol–water partition coefficient (Wildman–Crippen LogP) is 4.63. The van der Waals surface area contributed by atoms with Crippen molar-refractivity contribution in [1.29, 1.82) is 5.26 Å². The van der Waals surface area contributed by atoms with Gasteiger partial charge in [0.2, 0.25) is 0 Å². The van der Waals surface area contributed by atoms with Crippen LogP contribution in [0.15, 0.2) is 36.4 Å². The molecule has 1 aromatic carbocycles. The van der Waals surface area contributed by atoms with Crippen LogP contribution in [0, 0.1) is 11.3 Å². The summed E-state index contributed by atoms with van der Waals surface area (Å²) < 4.78 is 0. The highest BCUT2D eigenvalue weighted by Crippen LogP contribution is 2.29. The number of nitriles is 1. The van der Waals surface area contributed by atoms with Gasteiger partial charge in [0.05, 0.1) is 11.6 Å². The van der Waals surface area contributed by atoms with Gasteiger partial charge in [0, 0.05) is 9.75 Å². The number of nitrogens with zero attached hydrogens (tertiary/aromatic N) is 1. The van der Waals surface area contributed by atoms with Crippen LogP contribution < -0.4 is 0 Å². The Balaban J connectivity index is 2.16. The molecule has 0 atom stereocenters. The second-order valence-corrected chi connectivity index (χ2v) is 5.23. The van der Waals surface area contributed by atoms with Crippen molar-refractivity contribution < 1.29 is 0 Å². The molecule has 0 saturated heterocycles. The first kappa shape index (κ1) is 11.9. The van der Waals surface area contributed by atoms with E-state index in [1.54, 1.807) is 0 Å². The Bertz CT molecular complexity index is 517. The summed E-state index contributed by atoms with van der Waals surface area (Å²) in [5.41, 5.74) is 1.92. The van der Waals surface area contributed by atoms with Crippen LogP contribution in [0.1, 0.15) is 30.2 Å². The van der Waals surface area contributed by atoms with Crippen molar-refractivity contribution in [3.8, 4) is 16.5 Å². The SMILES string of the molecule is CCCCc1ccc(-c2ccc(C#N)cc2)s1. The Hall–Kier alpha value is -1.59. The third kappa shape index (κ3) is 2.95. The van der Waals surface area contributed by atoms with E-state index in [4.69, 9.17) is 5.26 Å². The number of benzene rings is 1. The van der Waals surface area contributed by atoms with Crippen molar-refractivity contribution in [2.24, 2.45) is 0 Å². The van der Waals surface area contributed by atoms with Gasteiger partial charge >= 0.3 is 0 Å². The zero-order valence-corrected chi connectivity index (χ0v) is 10.8. The van der Waals surface area contributed by atoms with Crippen LogP contribution in [-0.2, 0) is 6.42 Å². The maximum atomic E-state index is 8.75. The van der Waals surface area contributed by atoms with Gasteiger partial charge < -0.3 is 0 Å². The van der Waals surface area contributed by atoms with E-state index in [2.05, 4.69) is 25.1 Å². The molecule has 0 radical (unpaired) electrons. The number of unbranched alkanes of at least 4 members (excludes halogenated alkanes) is 1. The van der Waals surface area contributed by atoms with Crippen LogP contribution in [0.5, 0.6) is 0 Å². The Morgan fingerprint density at radius 2 is 1.88 bits per heavy atom. The summed E-state index contributed by atoms with van der Waals surface area (Å²) in [4.78, 5) is 2.74. The largest absolute Gasteiger partial charge is 0.192 e. The Morgan fingerprint density at radius 3 is 2.53 bits per heavy atom. The maximum Gasteiger partial charge on any atom is 0.0991 e. The first-order valence-electron chi connectivity index (χ1n) is 5.92. The molecular formula is C15H15NS. The Morgan fingerprint density at radius 1 is 1.12 bits per heavy atom. The van der Waals surface area contributed by atoms with Crippen molar-refractivity contribution in [1.82, 2.24) is 0 Å². The summed E-state index contributed by atoms with van der Waals surface area (Å²) >= 11 is 1.86. The monoisotopic (exact) mass is 241 g/mol. The third-order valence-electron chi connectivity index (χ3n) is 2.74. The van der Waals surface area contributed by atoms with E-state index in [9.17, 15) is 0 Å². The molecule has 1 nitrogen and oxygen atoms in total. The van der Waals surface area contributed by atoms with E-state index >= 15 is 0 Å². The average molecular weight is 241 g/mol. The fraction of sp³-hybridized carbons (Fsp3) is 0.267. The van der Waals surface area contributed by atoms with Crippen molar-refractivity contribution in [2.75, 3.05) is 0 Å². The van der Waals surface area contributed by atoms with Crippen LogP contribution >= 0.6 is 11.3 Å². The molecule has 86 valence electrons. The summed E-state index contributed by atoms with van der Waals surface area (Å²) in [6, 6.07) is 14.3. The van der Waals surface area contributed by atoms with E-state index in [0.29, 0.717) is 0 Å². The smallest absolute Gasteiger partial charge is 0.0991 e. The van der Waals surface area contributed by atoms with E-state index in [1.165, 1.54) is 34.6 Å². The summed E-state index contributed by atoms with van der Waals surface area (Å²) in [6.07, 6.45) is 3.68.